The van der Waals surface area contributed by atoms with E-state index >= 15 is 0 Å². The van der Waals surface area contributed by atoms with Gasteiger partial charge in [0, 0.05) is 6.42 Å². The maximum Gasteiger partial charge on any atom is 0.343 e. The number of hydrogen-bond donors (Lipinski definition) is 0. The Bertz CT molecular complexity index is 513. The van der Waals surface area contributed by atoms with Crippen molar-refractivity contribution in [3.05, 3.63) is 30.3 Å². The lowest BCUT2D eigenvalue weighted by molar-refractivity contribution is -0.155. The highest BCUT2D eigenvalue weighted by Gasteiger charge is 2.48. The molecule has 5 nitrogen and oxygen atoms in total. The maximum atomic E-state index is 12.2. The zero-order valence-corrected chi connectivity index (χ0v) is 11.5. The second-order valence-electron chi connectivity index (χ2n) is 4.75. The molecular weight excluding hydrogens is 256 g/mol. The van der Waals surface area contributed by atoms with E-state index in [4.69, 9.17) is 4.74 Å². The first-order chi connectivity index (χ1) is 9.69. The van der Waals surface area contributed by atoms with Gasteiger partial charge in [0.05, 0.1) is 12.3 Å². The summed E-state index contributed by atoms with van der Waals surface area (Å²) >= 11 is 0. The van der Waals surface area contributed by atoms with Crippen LogP contribution >= 0.6 is 0 Å². The number of hydrogen-bond acceptors (Lipinski definition) is 5. The number of carbonyl (C=O) groups is 2. The number of Topliss-reactive ketones (excluding diaryl/α,β-unsaturated/α-hetero) is 1. The number of azo groups is 1. The number of rotatable bonds is 4. The molecule has 0 heterocycles. The van der Waals surface area contributed by atoms with E-state index in [2.05, 4.69) is 10.2 Å². The van der Waals surface area contributed by atoms with Gasteiger partial charge in [0.15, 0.2) is 5.78 Å². The largest absolute Gasteiger partial charge is 0.464 e. The van der Waals surface area contributed by atoms with E-state index in [0.29, 0.717) is 18.5 Å². The molecule has 0 amide bonds. The van der Waals surface area contributed by atoms with Gasteiger partial charge in [-0.15, -0.1) is 0 Å². The van der Waals surface area contributed by atoms with Crippen LogP contribution in [0.5, 0.6) is 0 Å². The molecule has 1 saturated carbocycles. The van der Waals surface area contributed by atoms with Crippen LogP contribution in [0.4, 0.5) is 5.69 Å². The molecule has 0 saturated heterocycles. The predicted octanol–water partition coefficient (Wildman–Crippen LogP) is 3.22. The van der Waals surface area contributed by atoms with Crippen LogP contribution in [0.15, 0.2) is 40.6 Å². The molecule has 0 N–H and O–H groups in total. The molecule has 1 atom stereocenters. The Morgan fingerprint density at radius 1 is 1.30 bits per heavy atom. The van der Waals surface area contributed by atoms with Gasteiger partial charge in [0.1, 0.15) is 0 Å². The first-order valence-electron chi connectivity index (χ1n) is 6.87. The lowest BCUT2D eigenvalue weighted by Gasteiger charge is -2.28. The van der Waals surface area contributed by atoms with Crippen molar-refractivity contribution in [2.45, 2.75) is 38.1 Å². The van der Waals surface area contributed by atoms with Crippen LogP contribution in [0.25, 0.3) is 0 Å². The van der Waals surface area contributed by atoms with Crippen molar-refractivity contribution in [2.75, 3.05) is 6.61 Å². The fourth-order valence-electron chi connectivity index (χ4n) is 2.26. The molecule has 0 aromatic heterocycles. The van der Waals surface area contributed by atoms with E-state index in [1.54, 1.807) is 19.1 Å². The summed E-state index contributed by atoms with van der Waals surface area (Å²) in [4.78, 5) is 24.4. The Morgan fingerprint density at radius 3 is 2.70 bits per heavy atom. The fraction of sp³-hybridized carbons (Fsp3) is 0.467. The SMILES string of the molecule is CCOC(=O)C1(N=Nc2ccccc2)CCCCC1=O. The Labute approximate surface area is 118 Å². The molecule has 0 radical (unpaired) electrons. The van der Waals surface area contributed by atoms with Crippen molar-refractivity contribution < 1.29 is 14.3 Å². The van der Waals surface area contributed by atoms with Crippen molar-refractivity contribution in [3.63, 3.8) is 0 Å². The van der Waals surface area contributed by atoms with Gasteiger partial charge in [-0.3, -0.25) is 4.79 Å². The topological polar surface area (TPSA) is 68.1 Å². The van der Waals surface area contributed by atoms with E-state index < -0.39 is 11.5 Å². The third-order valence-electron chi connectivity index (χ3n) is 3.36. The monoisotopic (exact) mass is 274 g/mol. The van der Waals surface area contributed by atoms with Crippen molar-refractivity contribution in [1.29, 1.82) is 0 Å². The minimum absolute atomic E-state index is 0.193. The van der Waals surface area contributed by atoms with E-state index in [0.717, 1.165) is 12.8 Å². The summed E-state index contributed by atoms with van der Waals surface area (Å²) in [5.41, 5.74) is -0.820. The van der Waals surface area contributed by atoms with E-state index in [-0.39, 0.29) is 12.4 Å². The van der Waals surface area contributed by atoms with Crippen molar-refractivity contribution in [2.24, 2.45) is 10.2 Å². The van der Waals surface area contributed by atoms with Crippen LogP contribution in [-0.4, -0.2) is 23.9 Å². The highest BCUT2D eigenvalue weighted by atomic mass is 16.5. The Balaban J connectivity index is 2.29. The number of ketones is 1. The molecule has 1 aromatic carbocycles. The third-order valence-corrected chi connectivity index (χ3v) is 3.36. The highest BCUT2D eigenvalue weighted by molar-refractivity contribution is 6.09. The molecule has 0 spiro atoms. The molecule has 1 fully saturated rings. The molecule has 1 aliphatic rings. The van der Waals surface area contributed by atoms with E-state index in [9.17, 15) is 9.59 Å². The van der Waals surface area contributed by atoms with Gasteiger partial charge in [-0.25, -0.2) is 4.79 Å². The third kappa shape index (κ3) is 2.92. The first-order valence-corrected chi connectivity index (χ1v) is 6.87. The van der Waals surface area contributed by atoms with Gasteiger partial charge in [0.2, 0.25) is 5.54 Å². The van der Waals surface area contributed by atoms with Gasteiger partial charge in [-0.2, -0.15) is 10.2 Å². The molecule has 2 rings (SSSR count). The summed E-state index contributed by atoms with van der Waals surface area (Å²) < 4.78 is 5.03. The number of esters is 1. The van der Waals surface area contributed by atoms with E-state index in [1.165, 1.54) is 0 Å². The minimum Gasteiger partial charge on any atom is -0.464 e. The van der Waals surface area contributed by atoms with Crippen LogP contribution in [0.2, 0.25) is 0 Å². The minimum atomic E-state index is -1.44. The average molecular weight is 274 g/mol. The normalized spacial score (nSPS) is 22.9. The van der Waals surface area contributed by atoms with Crippen LogP contribution in [0, 0.1) is 0 Å². The van der Waals surface area contributed by atoms with Crippen LogP contribution in [0.3, 0.4) is 0 Å². The van der Waals surface area contributed by atoms with Gasteiger partial charge < -0.3 is 4.74 Å². The summed E-state index contributed by atoms with van der Waals surface area (Å²) in [6.07, 6.45) is 2.30. The lowest BCUT2D eigenvalue weighted by Crippen LogP contribution is -2.47. The van der Waals surface area contributed by atoms with Crippen molar-refractivity contribution in [1.82, 2.24) is 0 Å². The van der Waals surface area contributed by atoms with Crippen LogP contribution in [0.1, 0.15) is 32.6 Å². The maximum absolute atomic E-state index is 12.2. The first kappa shape index (κ1) is 14.4. The van der Waals surface area contributed by atoms with Crippen molar-refractivity contribution in [3.8, 4) is 0 Å². The smallest absolute Gasteiger partial charge is 0.343 e. The summed E-state index contributed by atoms with van der Waals surface area (Å²) in [6, 6.07) is 9.07. The molecule has 1 aromatic rings. The Morgan fingerprint density at radius 2 is 2.05 bits per heavy atom. The van der Waals surface area contributed by atoms with Crippen LogP contribution in [-0.2, 0) is 14.3 Å². The van der Waals surface area contributed by atoms with Gasteiger partial charge in [-0.05, 0) is 38.3 Å². The molecule has 5 heteroatoms. The molecular formula is C15H18N2O3. The number of benzene rings is 1. The standard InChI is InChI=1S/C15H18N2O3/c1-2-20-14(19)15(11-7-6-10-13(15)18)17-16-12-8-4-3-5-9-12/h3-5,8-9H,2,6-7,10-11H2,1H3. The summed E-state index contributed by atoms with van der Waals surface area (Å²) in [7, 11) is 0. The van der Waals surface area contributed by atoms with Crippen molar-refractivity contribution >= 4 is 17.4 Å². The molecule has 1 unspecified atom stereocenters. The fourth-order valence-corrected chi connectivity index (χ4v) is 2.26. The van der Waals surface area contributed by atoms with E-state index in [1.807, 2.05) is 18.2 Å². The predicted molar refractivity (Wildman–Crippen MR) is 73.8 cm³/mol. The highest BCUT2D eigenvalue weighted by Crippen LogP contribution is 2.31. The molecule has 1 aliphatic carbocycles. The Hall–Kier alpha value is -2.04. The quantitative estimate of drug-likeness (QED) is 0.481. The lowest BCUT2D eigenvalue weighted by atomic mass is 9.81. The Kier molecular flexibility index (Phi) is 4.61. The zero-order valence-electron chi connectivity index (χ0n) is 11.5. The number of ether oxygens (including phenoxy) is 1. The molecule has 0 aliphatic heterocycles. The molecule has 20 heavy (non-hydrogen) atoms. The second kappa shape index (κ2) is 6.41. The average Bonchev–Trinajstić information content (AvgIpc) is 2.48. The number of nitrogens with zero attached hydrogens (tertiary/aromatic N) is 2. The van der Waals surface area contributed by atoms with Gasteiger partial charge in [-0.1, -0.05) is 18.2 Å². The zero-order chi connectivity index (χ0) is 14.4. The summed E-state index contributed by atoms with van der Waals surface area (Å²) in [5.74, 6) is -0.772. The van der Waals surface area contributed by atoms with Gasteiger partial charge >= 0.3 is 5.97 Å². The summed E-state index contributed by atoms with van der Waals surface area (Å²) in [6.45, 7) is 1.95. The molecule has 0 bridgehead atoms. The van der Waals surface area contributed by atoms with Gasteiger partial charge in [0.25, 0.3) is 0 Å². The van der Waals surface area contributed by atoms with Crippen LogP contribution < -0.4 is 0 Å². The summed E-state index contributed by atoms with van der Waals surface area (Å²) in [5, 5.41) is 8.14. The number of carbonyl (C=O) groups excluding carboxylic acids is 2. The molecule has 106 valence electrons. The second-order valence-corrected chi connectivity index (χ2v) is 4.75.